The number of aromatic nitrogens is 2. The largest absolute Gasteiger partial charge is 0.310 e. The van der Waals surface area contributed by atoms with Gasteiger partial charge in [0.25, 0.3) is 0 Å². The molecular weight excluding hydrogens is 1490 g/mol. The molecule has 0 radical (unpaired) electrons. The summed E-state index contributed by atoms with van der Waals surface area (Å²) in [6.45, 7) is 0. The third-order valence-corrected chi connectivity index (χ3v) is 26.0. The molecule has 19 aromatic carbocycles. The van der Waals surface area contributed by atoms with Crippen molar-refractivity contribution in [2.24, 2.45) is 0 Å². The summed E-state index contributed by atoms with van der Waals surface area (Å²) in [5.41, 5.74) is 30.5. The summed E-state index contributed by atoms with van der Waals surface area (Å²) in [5, 5.41) is 10.2. The van der Waals surface area contributed by atoms with Gasteiger partial charge in [0, 0.05) is 107 Å². The fourth-order valence-electron chi connectivity index (χ4n) is 17.7. The van der Waals surface area contributed by atoms with Gasteiger partial charge in [-0.1, -0.05) is 328 Å². The van der Waals surface area contributed by atoms with E-state index in [0.29, 0.717) is 0 Å². The van der Waals surface area contributed by atoms with Crippen molar-refractivity contribution in [3.05, 3.63) is 461 Å². The van der Waals surface area contributed by atoms with Gasteiger partial charge in [-0.05, 0) is 211 Å². The topological polar surface area (TPSA) is 16.3 Å². The van der Waals surface area contributed by atoms with E-state index in [-0.39, 0.29) is 0 Å². The minimum Gasteiger partial charge on any atom is -0.310 e. The van der Waals surface area contributed by atoms with Crippen LogP contribution in [0.2, 0.25) is 0 Å². The van der Waals surface area contributed by atoms with Gasteiger partial charge in [-0.15, -0.1) is 22.7 Å². The van der Waals surface area contributed by atoms with E-state index in [1.54, 1.807) is 0 Å². The smallest absolute Gasteiger partial charge is 0.0561 e. The Bertz CT molecular complexity index is 7560. The molecule has 4 heterocycles. The minimum absolute atomic E-state index is 1.09. The highest BCUT2D eigenvalue weighted by Crippen LogP contribution is 2.46. The molecule has 0 saturated heterocycles. The lowest BCUT2D eigenvalue weighted by Gasteiger charge is -2.26. The van der Waals surface area contributed by atoms with Crippen LogP contribution < -0.4 is 9.80 Å². The Balaban J connectivity index is 0.000000145. The van der Waals surface area contributed by atoms with Crippen molar-refractivity contribution in [2.45, 2.75) is 0 Å². The Morgan fingerprint density at radius 3 is 0.650 bits per heavy atom. The van der Waals surface area contributed by atoms with Crippen LogP contribution in [0.15, 0.2) is 461 Å². The number of para-hydroxylation sites is 2. The average molecular weight is 1570 g/mol. The Hall–Kier alpha value is -15.2. The lowest BCUT2D eigenvalue weighted by molar-refractivity contribution is 1.18. The summed E-state index contributed by atoms with van der Waals surface area (Å²) in [5.74, 6) is 0. The number of benzene rings is 19. The van der Waals surface area contributed by atoms with Crippen molar-refractivity contribution in [2.75, 3.05) is 9.80 Å². The van der Waals surface area contributed by atoms with Gasteiger partial charge in [-0.25, -0.2) is 0 Å². The maximum atomic E-state index is 2.45. The molecule has 0 unspecified atom stereocenters. The molecule has 0 spiro atoms. The van der Waals surface area contributed by atoms with E-state index < -0.39 is 0 Å². The van der Waals surface area contributed by atoms with E-state index in [1.165, 1.54) is 162 Å². The van der Waals surface area contributed by atoms with Gasteiger partial charge in [0.15, 0.2) is 0 Å². The molecule has 4 nitrogen and oxygen atoms in total. The summed E-state index contributed by atoms with van der Waals surface area (Å²) in [4.78, 5) is 4.77. The Morgan fingerprint density at radius 1 is 0.142 bits per heavy atom. The maximum Gasteiger partial charge on any atom is 0.0561 e. The van der Waals surface area contributed by atoms with Crippen molar-refractivity contribution >= 4 is 141 Å². The Morgan fingerprint density at radius 2 is 0.358 bits per heavy atom. The van der Waals surface area contributed by atoms with E-state index in [9.17, 15) is 0 Å². The second-order valence-electron chi connectivity index (χ2n) is 30.7. The number of thiophene rings is 2. The Labute approximate surface area is 704 Å². The number of fused-ring (bicyclic) bond motifs is 12. The summed E-state index contributed by atoms with van der Waals surface area (Å²) in [6, 6.07) is 168. The molecule has 0 N–H and O–H groups in total. The molecule has 564 valence electrons. The monoisotopic (exact) mass is 1560 g/mol. The Kier molecular flexibility index (Phi) is 18.3. The maximum absolute atomic E-state index is 2.45. The van der Waals surface area contributed by atoms with E-state index >= 15 is 0 Å². The molecule has 6 heteroatoms. The molecule has 4 aromatic heterocycles. The van der Waals surface area contributed by atoms with Crippen LogP contribution in [-0.4, -0.2) is 9.13 Å². The lowest BCUT2D eigenvalue weighted by atomic mass is 9.99. The molecule has 23 rings (SSSR count). The van der Waals surface area contributed by atoms with Gasteiger partial charge in [-0.2, -0.15) is 0 Å². The SMILES string of the molecule is c1ccc(-c2ccc(-c3ccc(N(c4ccc(-c5ccc(-c6ccccc6)cc5)cc4)c4ccc5c6ccccc6n(-c6ccc7sc8ccccc8c7c6)c5c4)cc3)cc2)cc1.c1ccc(-c2ccc(-c3ccc(N(c4ccc(-c5ccccc5)cc4)c4ccc5c6ccccc6n(-c6ccc7sc8ccccc8c7c6)c5c4)cc3)cc2)cc1. The molecule has 0 atom stereocenters. The second-order valence-corrected chi connectivity index (χ2v) is 32.9. The van der Waals surface area contributed by atoms with Crippen LogP contribution in [0.1, 0.15) is 0 Å². The van der Waals surface area contributed by atoms with Crippen molar-refractivity contribution in [1.82, 2.24) is 9.13 Å². The summed E-state index contributed by atoms with van der Waals surface area (Å²) in [7, 11) is 0. The zero-order chi connectivity index (χ0) is 79.4. The molecule has 23 aromatic rings. The van der Waals surface area contributed by atoms with Crippen LogP contribution in [-0.2, 0) is 0 Å². The van der Waals surface area contributed by atoms with E-state index in [1.807, 2.05) is 22.7 Å². The van der Waals surface area contributed by atoms with Gasteiger partial charge in [0.1, 0.15) is 0 Å². The first-order valence-electron chi connectivity index (χ1n) is 40.9. The first-order chi connectivity index (χ1) is 59.5. The van der Waals surface area contributed by atoms with Crippen molar-refractivity contribution < 1.29 is 0 Å². The average Bonchev–Trinajstić information content (AvgIpc) is 1.57. The van der Waals surface area contributed by atoms with Crippen molar-refractivity contribution in [1.29, 1.82) is 0 Å². The fraction of sp³-hybridized carbons (Fsp3) is 0. The molecule has 0 saturated carbocycles. The first-order valence-corrected chi connectivity index (χ1v) is 42.5. The summed E-state index contributed by atoms with van der Waals surface area (Å²) >= 11 is 3.72. The van der Waals surface area contributed by atoms with Crippen molar-refractivity contribution in [3.8, 4) is 89.3 Å². The van der Waals surface area contributed by atoms with Crippen LogP contribution in [0.25, 0.3) is 173 Å². The van der Waals surface area contributed by atoms with E-state index in [0.717, 1.165) is 45.5 Å². The summed E-state index contributed by atoms with van der Waals surface area (Å²) < 4.78 is 10.1. The molecule has 0 fully saturated rings. The fourth-order valence-corrected chi connectivity index (χ4v) is 19.8. The van der Waals surface area contributed by atoms with Gasteiger partial charge < -0.3 is 18.9 Å². The van der Waals surface area contributed by atoms with Crippen LogP contribution in [0.4, 0.5) is 34.1 Å². The van der Waals surface area contributed by atoms with Crippen LogP contribution >= 0.6 is 22.7 Å². The highest BCUT2D eigenvalue weighted by molar-refractivity contribution is 7.26. The van der Waals surface area contributed by atoms with E-state index in [4.69, 9.17) is 0 Å². The number of hydrogen-bond donors (Lipinski definition) is 0. The van der Waals surface area contributed by atoms with Gasteiger partial charge in [0.05, 0.1) is 22.1 Å². The summed E-state index contributed by atoms with van der Waals surface area (Å²) in [6.07, 6.45) is 0. The highest BCUT2D eigenvalue weighted by atomic mass is 32.1. The number of anilines is 6. The third kappa shape index (κ3) is 13.3. The third-order valence-electron chi connectivity index (χ3n) is 23.7. The molecule has 0 bridgehead atoms. The van der Waals surface area contributed by atoms with Gasteiger partial charge in [0.2, 0.25) is 0 Å². The lowest BCUT2D eigenvalue weighted by Crippen LogP contribution is -2.10. The predicted molar refractivity (Wildman–Crippen MR) is 515 cm³/mol. The standard InChI is InChI=1S/C60H40N2S.C54H36N2S/c1-3-11-41(12-4-1)43-19-23-45(24-20-43)47-27-31-49(32-28-47)61(50-33-29-48(30-34-50)46-25-21-44(22-26-46)42-13-5-2-6-14-42)52-35-37-54-53-15-7-9-17-57(53)62(58(54)40-52)51-36-38-60-56(39-51)55-16-8-10-18-59(55)63-60;1-3-11-37(12-4-1)39-19-21-40(22-20-39)42-25-29-44(30-26-42)55(43-27-23-41(24-28-43)38-13-5-2-6-14-38)46-31-33-48-47-15-7-9-17-51(47)56(52(48)36-46)45-32-34-54-50(35-45)49-16-8-10-18-53(49)57-54/h1-40H;1-36H. The van der Waals surface area contributed by atoms with Gasteiger partial charge >= 0.3 is 0 Å². The highest BCUT2D eigenvalue weighted by Gasteiger charge is 2.23. The number of rotatable bonds is 15. The first kappa shape index (κ1) is 71.4. The molecule has 120 heavy (non-hydrogen) atoms. The van der Waals surface area contributed by atoms with Crippen LogP contribution in [0.3, 0.4) is 0 Å². The molecule has 0 aliphatic rings. The quantitative estimate of drug-likeness (QED) is 0.102. The molecular formula is C114H76N4S2. The number of hydrogen-bond acceptors (Lipinski definition) is 4. The van der Waals surface area contributed by atoms with Crippen LogP contribution in [0, 0.1) is 0 Å². The van der Waals surface area contributed by atoms with Crippen LogP contribution in [0.5, 0.6) is 0 Å². The van der Waals surface area contributed by atoms with Crippen molar-refractivity contribution in [3.63, 3.8) is 0 Å². The van der Waals surface area contributed by atoms with Gasteiger partial charge in [-0.3, -0.25) is 0 Å². The predicted octanol–water partition coefficient (Wildman–Crippen LogP) is 32.9. The molecule has 0 amide bonds. The minimum atomic E-state index is 1.09. The van der Waals surface area contributed by atoms with E-state index in [2.05, 4.69) is 480 Å². The zero-order valence-electron chi connectivity index (χ0n) is 65.5. The zero-order valence-corrected chi connectivity index (χ0v) is 67.1. The number of nitrogens with zero attached hydrogens (tertiary/aromatic N) is 4. The molecule has 0 aliphatic heterocycles. The molecule has 0 aliphatic carbocycles. The normalized spacial score (nSPS) is 11.5. The second kappa shape index (κ2) is 30.8.